The molecule has 0 aromatic rings. The molecule has 33 heavy (non-hydrogen) atoms. The van der Waals surface area contributed by atoms with Gasteiger partial charge in [-0.1, -0.05) is 20.8 Å². The fourth-order valence-electron chi connectivity index (χ4n) is 3.77. The van der Waals surface area contributed by atoms with E-state index in [0.717, 1.165) is 52.4 Å². The maximum Gasteiger partial charge on any atom is 0.320 e. The number of hydrogen-bond donors (Lipinski definition) is 1. The van der Waals surface area contributed by atoms with Crippen LogP contribution in [0.15, 0.2) is 0 Å². The van der Waals surface area contributed by atoms with Gasteiger partial charge in [0.2, 0.25) is 0 Å². The Kier molecular flexibility index (Phi) is 11.8. The largest absolute Gasteiger partial charge is 0.459 e. The SMILES string of the molecule is CC(C)(C)CN1CCNCCN(CCN(CC(=O)OC(C)(C)C)CC(=O)OC(C)(C)C)CC1. The summed E-state index contributed by atoms with van der Waals surface area (Å²) < 4.78 is 11.0. The molecule has 1 saturated heterocycles. The van der Waals surface area contributed by atoms with Crippen LogP contribution in [0, 0.1) is 5.41 Å². The number of carbonyl (C=O) groups excluding carboxylic acids is 2. The molecule has 0 saturated carbocycles. The molecule has 0 spiro atoms. The van der Waals surface area contributed by atoms with Crippen molar-refractivity contribution >= 4 is 11.9 Å². The molecule has 0 radical (unpaired) electrons. The average Bonchev–Trinajstić information content (AvgIpc) is 2.67. The Morgan fingerprint density at radius 3 is 1.67 bits per heavy atom. The van der Waals surface area contributed by atoms with Crippen LogP contribution in [-0.4, -0.2) is 110 Å². The molecule has 0 bridgehead atoms. The predicted molar refractivity (Wildman–Crippen MR) is 133 cm³/mol. The first kappa shape index (κ1) is 29.8. The lowest BCUT2D eigenvalue weighted by atomic mass is 9.96. The van der Waals surface area contributed by atoms with Crippen LogP contribution in [0.5, 0.6) is 0 Å². The molecule has 8 nitrogen and oxygen atoms in total. The Labute approximate surface area is 202 Å². The van der Waals surface area contributed by atoms with Crippen LogP contribution in [0.2, 0.25) is 0 Å². The smallest absolute Gasteiger partial charge is 0.320 e. The topological polar surface area (TPSA) is 74.4 Å². The molecule has 1 fully saturated rings. The summed E-state index contributed by atoms with van der Waals surface area (Å²) in [7, 11) is 0. The monoisotopic (exact) mass is 470 g/mol. The van der Waals surface area contributed by atoms with Crippen molar-refractivity contribution < 1.29 is 19.1 Å². The van der Waals surface area contributed by atoms with E-state index in [2.05, 4.69) is 35.9 Å². The summed E-state index contributed by atoms with van der Waals surface area (Å²) in [5.41, 5.74) is -0.854. The Hall–Kier alpha value is -1.22. The minimum absolute atomic E-state index is 0.0682. The first-order chi connectivity index (χ1) is 15.0. The van der Waals surface area contributed by atoms with Crippen molar-refractivity contribution in [1.29, 1.82) is 0 Å². The van der Waals surface area contributed by atoms with Crippen molar-refractivity contribution in [3.05, 3.63) is 0 Å². The molecule has 0 aromatic carbocycles. The fourth-order valence-corrected chi connectivity index (χ4v) is 3.77. The molecular formula is C25H50N4O4. The molecule has 1 aliphatic heterocycles. The van der Waals surface area contributed by atoms with E-state index >= 15 is 0 Å². The Morgan fingerprint density at radius 1 is 0.758 bits per heavy atom. The Balaban J connectivity index is 2.74. The Morgan fingerprint density at radius 2 is 1.21 bits per heavy atom. The van der Waals surface area contributed by atoms with Crippen molar-refractivity contribution in [3.8, 4) is 0 Å². The second-order valence-electron chi connectivity index (χ2n) is 12.3. The second kappa shape index (κ2) is 13.0. The van der Waals surface area contributed by atoms with E-state index in [1.165, 1.54) is 0 Å². The average molecular weight is 471 g/mol. The highest BCUT2D eigenvalue weighted by molar-refractivity contribution is 5.75. The number of hydrogen-bond acceptors (Lipinski definition) is 8. The normalized spacial score (nSPS) is 17.9. The van der Waals surface area contributed by atoms with E-state index in [0.29, 0.717) is 6.54 Å². The predicted octanol–water partition coefficient (Wildman–Crippen LogP) is 2.23. The number of rotatable bonds is 8. The molecule has 0 unspecified atom stereocenters. The summed E-state index contributed by atoms with van der Waals surface area (Å²) in [6.07, 6.45) is 0. The maximum absolute atomic E-state index is 12.5. The number of esters is 2. The first-order valence-electron chi connectivity index (χ1n) is 12.3. The van der Waals surface area contributed by atoms with Crippen molar-refractivity contribution in [3.63, 3.8) is 0 Å². The summed E-state index contributed by atoms with van der Waals surface area (Å²) in [4.78, 5) is 31.7. The van der Waals surface area contributed by atoms with Crippen LogP contribution in [0.4, 0.5) is 0 Å². The van der Waals surface area contributed by atoms with Crippen LogP contribution in [0.1, 0.15) is 62.3 Å². The van der Waals surface area contributed by atoms with Crippen LogP contribution >= 0.6 is 0 Å². The zero-order chi connectivity index (χ0) is 25.3. The lowest BCUT2D eigenvalue weighted by molar-refractivity contribution is -0.159. The van der Waals surface area contributed by atoms with Gasteiger partial charge in [0.25, 0.3) is 0 Å². The summed E-state index contributed by atoms with van der Waals surface area (Å²) in [6.45, 7) is 26.4. The summed E-state index contributed by atoms with van der Waals surface area (Å²) in [5, 5.41) is 3.53. The van der Waals surface area contributed by atoms with Crippen LogP contribution in [0.3, 0.4) is 0 Å². The number of carbonyl (C=O) groups is 2. The van der Waals surface area contributed by atoms with Crippen LogP contribution in [-0.2, 0) is 19.1 Å². The van der Waals surface area contributed by atoms with E-state index in [4.69, 9.17) is 9.47 Å². The number of ether oxygens (including phenoxy) is 2. The van der Waals surface area contributed by atoms with Gasteiger partial charge in [-0.05, 0) is 47.0 Å². The van der Waals surface area contributed by atoms with Gasteiger partial charge in [-0.25, -0.2) is 0 Å². The molecule has 0 aromatic heterocycles. The molecule has 0 atom stereocenters. The number of nitrogens with one attached hydrogen (secondary N) is 1. The maximum atomic E-state index is 12.5. The van der Waals surface area contributed by atoms with Gasteiger partial charge in [-0.2, -0.15) is 0 Å². The summed E-state index contributed by atoms with van der Waals surface area (Å²) in [5.74, 6) is -0.651. The molecule has 1 aliphatic rings. The van der Waals surface area contributed by atoms with Gasteiger partial charge in [0, 0.05) is 58.9 Å². The lowest BCUT2D eigenvalue weighted by Gasteiger charge is -2.32. The van der Waals surface area contributed by atoms with Crippen LogP contribution < -0.4 is 5.32 Å². The summed E-state index contributed by atoms with van der Waals surface area (Å²) in [6, 6.07) is 0. The van der Waals surface area contributed by atoms with E-state index in [9.17, 15) is 9.59 Å². The highest BCUT2D eigenvalue weighted by Gasteiger charge is 2.24. The van der Waals surface area contributed by atoms with Gasteiger partial charge in [-0.15, -0.1) is 0 Å². The number of nitrogens with zero attached hydrogens (tertiary/aromatic N) is 3. The standard InChI is InChI=1S/C25H50N4O4/c1-23(2,3)20-28-13-11-26-10-12-27(14-16-28)15-17-29(18-21(30)32-24(4,5)6)19-22(31)33-25(7,8)9/h26H,10-20H2,1-9H3. The van der Waals surface area contributed by atoms with Crippen molar-refractivity contribution in [1.82, 2.24) is 20.0 Å². The summed E-state index contributed by atoms with van der Waals surface area (Å²) >= 11 is 0. The first-order valence-corrected chi connectivity index (χ1v) is 12.3. The van der Waals surface area contributed by atoms with Gasteiger partial charge in [-0.3, -0.25) is 19.4 Å². The van der Waals surface area contributed by atoms with Crippen molar-refractivity contribution in [2.24, 2.45) is 5.41 Å². The van der Waals surface area contributed by atoms with E-state index in [1.807, 2.05) is 46.4 Å². The minimum Gasteiger partial charge on any atom is -0.459 e. The van der Waals surface area contributed by atoms with Crippen molar-refractivity contribution in [2.45, 2.75) is 73.5 Å². The molecule has 1 heterocycles. The molecule has 194 valence electrons. The van der Waals surface area contributed by atoms with Gasteiger partial charge in [0.1, 0.15) is 11.2 Å². The van der Waals surface area contributed by atoms with E-state index < -0.39 is 11.2 Å². The van der Waals surface area contributed by atoms with E-state index in [-0.39, 0.29) is 30.4 Å². The zero-order valence-corrected chi connectivity index (χ0v) is 22.8. The van der Waals surface area contributed by atoms with E-state index in [1.54, 1.807) is 0 Å². The van der Waals surface area contributed by atoms with Crippen LogP contribution in [0.25, 0.3) is 0 Å². The van der Waals surface area contributed by atoms with Gasteiger partial charge < -0.3 is 19.7 Å². The molecule has 0 aliphatic carbocycles. The minimum atomic E-state index is -0.557. The van der Waals surface area contributed by atoms with Gasteiger partial charge in [0.15, 0.2) is 0 Å². The highest BCUT2D eigenvalue weighted by atomic mass is 16.6. The Bertz CT molecular complexity index is 575. The quantitative estimate of drug-likeness (QED) is 0.542. The molecule has 8 heteroatoms. The van der Waals surface area contributed by atoms with Gasteiger partial charge in [0.05, 0.1) is 13.1 Å². The highest BCUT2D eigenvalue weighted by Crippen LogP contribution is 2.15. The molecule has 1 N–H and O–H groups in total. The molecular weight excluding hydrogens is 420 g/mol. The third-order valence-electron chi connectivity index (χ3n) is 4.92. The molecule has 1 rings (SSSR count). The molecule has 0 amide bonds. The van der Waals surface area contributed by atoms with Gasteiger partial charge >= 0.3 is 11.9 Å². The third kappa shape index (κ3) is 16.1. The van der Waals surface area contributed by atoms with Crippen molar-refractivity contribution in [2.75, 3.05) is 72.0 Å². The third-order valence-corrected chi connectivity index (χ3v) is 4.92. The second-order valence-corrected chi connectivity index (χ2v) is 12.3. The lowest BCUT2D eigenvalue weighted by Crippen LogP contribution is -2.45. The zero-order valence-electron chi connectivity index (χ0n) is 22.8. The fraction of sp³-hybridized carbons (Fsp3) is 0.920.